The van der Waals surface area contributed by atoms with Crippen LogP contribution >= 0.6 is 0 Å². The number of para-hydroxylation sites is 2. The van der Waals surface area contributed by atoms with Gasteiger partial charge in [-0.1, -0.05) is 26.0 Å². The van der Waals surface area contributed by atoms with Crippen LogP contribution in [-0.2, 0) is 4.79 Å². The number of carbonyl (C=O) groups excluding carboxylic acids is 2. The topological polar surface area (TPSA) is 104 Å². The first-order valence-electron chi connectivity index (χ1n) is 11.9. The summed E-state index contributed by atoms with van der Waals surface area (Å²) < 4.78 is 1.82. The molecule has 9 heteroatoms. The zero-order valence-electron chi connectivity index (χ0n) is 20.0. The van der Waals surface area contributed by atoms with E-state index in [-0.39, 0.29) is 35.9 Å². The van der Waals surface area contributed by atoms with Crippen molar-refractivity contribution < 1.29 is 9.59 Å². The highest BCUT2D eigenvalue weighted by atomic mass is 16.2. The van der Waals surface area contributed by atoms with Gasteiger partial charge < -0.3 is 14.8 Å². The Hall–Kier alpha value is -3.49. The van der Waals surface area contributed by atoms with Crippen molar-refractivity contribution in [2.24, 2.45) is 5.92 Å². The van der Waals surface area contributed by atoms with E-state index in [2.05, 4.69) is 15.0 Å². The van der Waals surface area contributed by atoms with Gasteiger partial charge in [-0.15, -0.1) is 0 Å². The van der Waals surface area contributed by atoms with E-state index in [1.807, 2.05) is 54.5 Å². The second-order valence-corrected chi connectivity index (χ2v) is 9.37. The summed E-state index contributed by atoms with van der Waals surface area (Å²) in [6.07, 6.45) is 4.77. The number of nitrogens with zero attached hydrogens (tertiary/aromatic N) is 5. The van der Waals surface area contributed by atoms with Crippen LogP contribution in [0.4, 0.5) is 0 Å². The number of hydrogen-bond acceptors (Lipinski definition) is 5. The molecule has 1 saturated heterocycles. The molecule has 0 unspecified atom stereocenters. The maximum absolute atomic E-state index is 13.0. The zero-order chi connectivity index (χ0) is 24.2. The molecule has 34 heavy (non-hydrogen) atoms. The molecule has 0 radical (unpaired) electrons. The van der Waals surface area contributed by atoms with E-state index in [1.165, 1.54) is 6.20 Å². The third-order valence-corrected chi connectivity index (χ3v) is 6.27. The van der Waals surface area contributed by atoms with Crippen LogP contribution in [0.3, 0.4) is 0 Å². The van der Waals surface area contributed by atoms with Gasteiger partial charge in [0.2, 0.25) is 5.91 Å². The van der Waals surface area contributed by atoms with E-state index in [4.69, 9.17) is 0 Å². The van der Waals surface area contributed by atoms with Gasteiger partial charge in [-0.2, -0.15) is 0 Å². The number of imidazole rings is 1. The number of H-pyrrole nitrogens is 1. The first-order chi connectivity index (χ1) is 16.3. The van der Waals surface area contributed by atoms with Crippen LogP contribution in [0.2, 0.25) is 0 Å². The number of fused-ring (bicyclic) bond motifs is 1. The van der Waals surface area contributed by atoms with E-state index in [0.717, 1.165) is 29.6 Å². The Balaban J connectivity index is 1.36. The average molecular weight is 465 g/mol. The van der Waals surface area contributed by atoms with Crippen LogP contribution in [0.15, 0.2) is 41.5 Å². The number of aryl methyl sites for hydroxylation is 1. The van der Waals surface area contributed by atoms with E-state index in [1.54, 1.807) is 11.1 Å². The second kappa shape index (κ2) is 10.2. The number of carbonyl (C=O) groups is 2. The van der Waals surface area contributed by atoms with Crippen LogP contribution in [0.5, 0.6) is 0 Å². The molecule has 0 spiro atoms. The minimum Gasteiger partial charge on any atom is -0.342 e. The molecule has 4 rings (SSSR count). The third-order valence-electron chi connectivity index (χ3n) is 6.27. The van der Waals surface area contributed by atoms with Crippen molar-refractivity contribution >= 4 is 22.8 Å². The largest absolute Gasteiger partial charge is 0.342 e. The van der Waals surface area contributed by atoms with Crippen molar-refractivity contribution in [3.63, 3.8) is 0 Å². The van der Waals surface area contributed by atoms with Gasteiger partial charge in [-0.25, -0.2) is 9.78 Å². The lowest BCUT2D eigenvalue weighted by atomic mass is 10.0. The fourth-order valence-corrected chi connectivity index (χ4v) is 4.58. The van der Waals surface area contributed by atoms with E-state index >= 15 is 0 Å². The Labute approximate surface area is 198 Å². The molecule has 180 valence electrons. The highest BCUT2D eigenvalue weighted by Gasteiger charge is 2.27. The molecule has 0 atom stereocenters. The number of likely N-dealkylation sites (tertiary alicyclic amines) is 1. The highest BCUT2D eigenvalue weighted by Crippen LogP contribution is 2.25. The first-order valence-corrected chi connectivity index (χ1v) is 11.9. The minimum absolute atomic E-state index is 0.0290. The van der Waals surface area contributed by atoms with Crippen molar-refractivity contribution in [2.75, 3.05) is 26.2 Å². The molecule has 0 aliphatic carbocycles. The SMILES string of the molecule is Cc1cnc(C(=O)N(CCC(=O)N2CCC(n3c(=O)[nH]c4ccccc43)CC2)CC(C)C)cn1. The van der Waals surface area contributed by atoms with Gasteiger partial charge in [0.15, 0.2) is 0 Å². The quantitative estimate of drug-likeness (QED) is 0.579. The zero-order valence-corrected chi connectivity index (χ0v) is 20.0. The van der Waals surface area contributed by atoms with Crippen LogP contribution in [0.1, 0.15) is 55.3 Å². The van der Waals surface area contributed by atoms with E-state index in [9.17, 15) is 14.4 Å². The molecule has 3 aromatic rings. The van der Waals surface area contributed by atoms with Crippen LogP contribution < -0.4 is 5.69 Å². The number of amides is 2. The van der Waals surface area contributed by atoms with Crippen LogP contribution in [-0.4, -0.2) is 67.3 Å². The van der Waals surface area contributed by atoms with Crippen molar-refractivity contribution in [2.45, 2.75) is 46.1 Å². The Bertz CT molecular complexity index is 1210. The van der Waals surface area contributed by atoms with E-state index < -0.39 is 0 Å². The molecule has 1 aliphatic rings. The third kappa shape index (κ3) is 5.18. The minimum atomic E-state index is -0.202. The molecular weight excluding hydrogens is 432 g/mol. The molecule has 1 N–H and O–H groups in total. The van der Waals surface area contributed by atoms with Gasteiger partial charge in [-0.05, 0) is 37.8 Å². The highest BCUT2D eigenvalue weighted by molar-refractivity contribution is 5.92. The summed E-state index contributed by atoms with van der Waals surface area (Å²) in [4.78, 5) is 53.2. The summed E-state index contributed by atoms with van der Waals surface area (Å²) in [6.45, 7) is 7.99. The predicted molar refractivity (Wildman–Crippen MR) is 130 cm³/mol. The van der Waals surface area contributed by atoms with Gasteiger partial charge in [0, 0.05) is 44.8 Å². The fourth-order valence-electron chi connectivity index (χ4n) is 4.58. The maximum Gasteiger partial charge on any atom is 0.326 e. The molecule has 1 aromatic carbocycles. The van der Waals surface area contributed by atoms with Crippen LogP contribution in [0.25, 0.3) is 11.0 Å². The number of nitrogens with one attached hydrogen (secondary N) is 1. The van der Waals surface area contributed by atoms with Gasteiger partial charge in [0.25, 0.3) is 5.91 Å². The Morgan fingerprint density at radius 1 is 1.15 bits per heavy atom. The molecule has 0 saturated carbocycles. The summed E-state index contributed by atoms with van der Waals surface area (Å²) in [7, 11) is 0. The fraction of sp³-hybridized carbons (Fsp3) is 0.480. The number of hydrogen-bond donors (Lipinski definition) is 1. The lowest BCUT2D eigenvalue weighted by molar-refractivity contribution is -0.132. The first kappa shape index (κ1) is 23.7. The summed E-state index contributed by atoms with van der Waals surface area (Å²) in [5, 5.41) is 0. The number of piperidine rings is 1. The summed E-state index contributed by atoms with van der Waals surface area (Å²) >= 11 is 0. The molecule has 1 fully saturated rings. The summed E-state index contributed by atoms with van der Waals surface area (Å²) in [6, 6.07) is 7.74. The molecule has 2 amide bonds. The maximum atomic E-state index is 13.0. The van der Waals surface area contributed by atoms with Crippen molar-refractivity contribution in [1.82, 2.24) is 29.3 Å². The summed E-state index contributed by atoms with van der Waals surface area (Å²) in [5.41, 5.74) is 2.68. The molecule has 1 aliphatic heterocycles. The number of aromatic nitrogens is 4. The molecule has 9 nitrogen and oxygen atoms in total. The lowest BCUT2D eigenvalue weighted by Crippen LogP contribution is -2.43. The van der Waals surface area contributed by atoms with Gasteiger partial charge in [0.1, 0.15) is 5.69 Å². The van der Waals surface area contributed by atoms with Crippen molar-refractivity contribution in [1.29, 1.82) is 0 Å². The molecule has 0 bridgehead atoms. The van der Waals surface area contributed by atoms with Crippen molar-refractivity contribution in [3.8, 4) is 0 Å². The van der Waals surface area contributed by atoms with E-state index in [0.29, 0.717) is 31.9 Å². The normalized spacial score (nSPS) is 14.6. The van der Waals surface area contributed by atoms with Gasteiger partial charge in [0.05, 0.1) is 22.9 Å². The Morgan fingerprint density at radius 3 is 2.56 bits per heavy atom. The Kier molecular flexibility index (Phi) is 7.09. The van der Waals surface area contributed by atoms with Crippen LogP contribution in [0, 0.1) is 12.8 Å². The lowest BCUT2D eigenvalue weighted by Gasteiger charge is -2.33. The number of benzene rings is 1. The standard InChI is InChI=1S/C25H32N6O3/c1-17(2)16-30(24(33)21-15-26-18(3)14-27-21)13-10-23(32)29-11-8-19(9-12-29)31-22-7-5-4-6-20(22)28-25(31)34/h4-7,14-15,17,19H,8-13,16H2,1-3H3,(H,28,34). The number of aromatic amines is 1. The van der Waals surface area contributed by atoms with Gasteiger partial charge >= 0.3 is 5.69 Å². The Morgan fingerprint density at radius 2 is 1.88 bits per heavy atom. The predicted octanol–water partition coefficient (Wildman–Crippen LogP) is 2.78. The van der Waals surface area contributed by atoms with Gasteiger partial charge in [-0.3, -0.25) is 19.1 Å². The van der Waals surface area contributed by atoms with Crippen molar-refractivity contribution in [3.05, 3.63) is 58.5 Å². The molecule has 2 aromatic heterocycles. The summed E-state index contributed by atoms with van der Waals surface area (Å²) in [5.74, 6) is 0.0929. The average Bonchev–Trinajstić information content (AvgIpc) is 3.17. The smallest absolute Gasteiger partial charge is 0.326 e. The monoisotopic (exact) mass is 464 g/mol. The molecular formula is C25H32N6O3. The number of rotatable bonds is 7. The molecule has 3 heterocycles. The second-order valence-electron chi connectivity index (χ2n) is 9.37.